The van der Waals surface area contributed by atoms with Crippen molar-refractivity contribution in [2.24, 2.45) is 5.92 Å². The summed E-state index contributed by atoms with van der Waals surface area (Å²) in [7, 11) is 0. The first-order valence-corrected chi connectivity index (χ1v) is 9.27. The molecule has 2 aliphatic rings. The highest BCUT2D eigenvalue weighted by molar-refractivity contribution is 5.71. The van der Waals surface area contributed by atoms with E-state index < -0.39 is 0 Å². The summed E-state index contributed by atoms with van der Waals surface area (Å²) in [4.78, 5) is 15.3. The van der Waals surface area contributed by atoms with E-state index in [0.717, 1.165) is 49.6 Å². The minimum absolute atomic E-state index is 0.590. The van der Waals surface area contributed by atoms with E-state index in [4.69, 9.17) is 0 Å². The lowest BCUT2D eigenvalue weighted by molar-refractivity contribution is 0.424. The zero-order valence-corrected chi connectivity index (χ0v) is 14.6. The second-order valence-electron chi connectivity index (χ2n) is 7.13. The third-order valence-corrected chi connectivity index (χ3v) is 5.24. The number of nitrogens with zero attached hydrogens (tertiary/aromatic N) is 6. The molecular formula is C19H21N7. The maximum atomic E-state index is 4.51. The monoisotopic (exact) mass is 347 g/mol. The number of hydrogen-bond donors (Lipinski definition) is 1. The summed E-state index contributed by atoms with van der Waals surface area (Å²) in [5.74, 6) is 2.47. The van der Waals surface area contributed by atoms with Crippen molar-refractivity contribution >= 4 is 22.8 Å². The Morgan fingerprint density at radius 3 is 2.88 bits per heavy atom. The highest BCUT2D eigenvalue weighted by Gasteiger charge is 2.28. The van der Waals surface area contributed by atoms with Gasteiger partial charge in [0.05, 0.1) is 5.69 Å². The average molecular weight is 347 g/mol. The van der Waals surface area contributed by atoms with Gasteiger partial charge in [-0.2, -0.15) is 5.10 Å². The molecule has 26 heavy (non-hydrogen) atoms. The van der Waals surface area contributed by atoms with Gasteiger partial charge in [0.2, 0.25) is 0 Å². The molecule has 7 nitrogen and oxygen atoms in total. The zero-order chi connectivity index (χ0) is 17.3. The summed E-state index contributed by atoms with van der Waals surface area (Å²) >= 11 is 0. The van der Waals surface area contributed by atoms with Crippen LogP contribution in [0.5, 0.6) is 0 Å². The van der Waals surface area contributed by atoms with Gasteiger partial charge in [0.1, 0.15) is 11.3 Å². The number of aryl methyl sites for hydroxylation is 2. The van der Waals surface area contributed by atoms with Crippen LogP contribution in [0.15, 0.2) is 30.6 Å². The molecule has 0 radical (unpaired) electrons. The fourth-order valence-corrected chi connectivity index (χ4v) is 3.72. The van der Waals surface area contributed by atoms with Gasteiger partial charge >= 0.3 is 0 Å². The van der Waals surface area contributed by atoms with Crippen molar-refractivity contribution in [1.29, 1.82) is 0 Å². The lowest BCUT2D eigenvalue weighted by Crippen LogP contribution is -2.50. The molecule has 1 fully saturated rings. The van der Waals surface area contributed by atoms with E-state index in [1.807, 2.05) is 12.1 Å². The molecule has 0 unspecified atom stereocenters. The summed E-state index contributed by atoms with van der Waals surface area (Å²) < 4.78 is 0. The topological polar surface area (TPSA) is 79.7 Å². The van der Waals surface area contributed by atoms with Gasteiger partial charge in [-0.15, -0.1) is 5.10 Å². The average Bonchev–Trinajstić information content (AvgIpc) is 2.66. The number of fused-ring (bicyclic) bond motifs is 2. The SMILES string of the molecule is c1cnc2nc(NCC3CN(c4cc5c(nn4)CCCC5)C3)ccc2n1. The first kappa shape index (κ1) is 15.4. The van der Waals surface area contributed by atoms with Gasteiger partial charge in [-0.1, -0.05) is 0 Å². The number of rotatable bonds is 4. The van der Waals surface area contributed by atoms with Crippen LogP contribution in [-0.4, -0.2) is 44.8 Å². The van der Waals surface area contributed by atoms with Crippen LogP contribution in [0.1, 0.15) is 24.1 Å². The molecule has 7 heteroatoms. The van der Waals surface area contributed by atoms with Gasteiger partial charge in [0.15, 0.2) is 11.5 Å². The molecule has 1 saturated heterocycles. The second-order valence-corrected chi connectivity index (χ2v) is 7.13. The largest absolute Gasteiger partial charge is 0.370 e. The van der Waals surface area contributed by atoms with E-state index in [-0.39, 0.29) is 0 Å². The van der Waals surface area contributed by atoms with Crippen LogP contribution in [0.2, 0.25) is 0 Å². The van der Waals surface area contributed by atoms with Gasteiger partial charge in [-0.05, 0) is 49.4 Å². The lowest BCUT2D eigenvalue weighted by Gasteiger charge is -2.40. The first-order chi connectivity index (χ1) is 12.8. The van der Waals surface area contributed by atoms with Crippen LogP contribution >= 0.6 is 0 Å². The molecule has 132 valence electrons. The lowest BCUT2D eigenvalue weighted by atomic mass is 9.95. The fraction of sp³-hybridized carbons (Fsp3) is 0.421. The predicted octanol–water partition coefficient (Wildman–Crippen LogP) is 2.24. The number of aromatic nitrogens is 5. The van der Waals surface area contributed by atoms with Crippen LogP contribution < -0.4 is 10.2 Å². The minimum atomic E-state index is 0.590. The number of nitrogens with one attached hydrogen (secondary N) is 1. The van der Waals surface area contributed by atoms with Crippen molar-refractivity contribution in [2.45, 2.75) is 25.7 Å². The Morgan fingerprint density at radius 2 is 1.92 bits per heavy atom. The number of anilines is 2. The van der Waals surface area contributed by atoms with Gasteiger partial charge in [0.25, 0.3) is 0 Å². The quantitative estimate of drug-likeness (QED) is 0.775. The predicted molar refractivity (Wildman–Crippen MR) is 100 cm³/mol. The Hall–Kier alpha value is -2.83. The number of pyridine rings is 1. The summed E-state index contributed by atoms with van der Waals surface area (Å²) in [6.45, 7) is 2.91. The standard InChI is InChI=1S/C19H21N7/c1-2-4-15-14(3-1)9-18(25-24-15)26-11-13(12-26)10-22-17-6-5-16-19(23-17)21-8-7-20-16/h5-9,13H,1-4,10-12H2,(H,21,22,23). The molecule has 0 spiro atoms. The Morgan fingerprint density at radius 1 is 1.04 bits per heavy atom. The van der Waals surface area contributed by atoms with Crippen molar-refractivity contribution in [3.05, 3.63) is 41.9 Å². The van der Waals surface area contributed by atoms with E-state index in [9.17, 15) is 0 Å². The molecule has 0 atom stereocenters. The van der Waals surface area contributed by atoms with Gasteiger partial charge in [0, 0.05) is 37.9 Å². The molecule has 0 bridgehead atoms. The first-order valence-electron chi connectivity index (χ1n) is 9.27. The molecule has 5 rings (SSSR count). The Labute approximate surface area is 151 Å². The molecule has 0 saturated carbocycles. The van der Waals surface area contributed by atoms with Crippen LogP contribution in [-0.2, 0) is 12.8 Å². The molecule has 1 aliphatic carbocycles. The van der Waals surface area contributed by atoms with Gasteiger partial charge < -0.3 is 10.2 Å². The third-order valence-electron chi connectivity index (χ3n) is 5.24. The second kappa shape index (κ2) is 6.48. The zero-order valence-electron chi connectivity index (χ0n) is 14.6. The smallest absolute Gasteiger partial charge is 0.180 e. The molecule has 3 aromatic rings. The molecule has 0 aromatic carbocycles. The summed E-state index contributed by atoms with van der Waals surface area (Å²) in [5, 5.41) is 12.3. The highest BCUT2D eigenvalue weighted by atomic mass is 15.3. The molecule has 0 amide bonds. The van der Waals surface area contributed by atoms with E-state index >= 15 is 0 Å². The van der Waals surface area contributed by atoms with Crippen LogP contribution in [0.4, 0.5) is 11.6 Å². The highest BCUT2D eigenvalue weighted by Crippen LogP contribution is 2.27. The Kier molecular flexibility index (Phi) is 3.84. The van der Waals surface area contributed by atoms with E-state index in [0.29, 0.717) is 11.6 Å². The summed E-state index contributed by atoms with van der Waals surface area (Å²) in [6.07, 6.45) is 8.10. The normalized spacial score (nSPS) is 17.0. The Balaban J connectivity index is 1.18. The van der Waals surface area contributed by atoms with Crippen molar-refractivity contribution in [3.63, 3.8) is 0 Å². The van der Waals surface area contributed by atoms with E-state index in [1.54, 1.807) is 12.4 Å². The molecule has 4 heterocycles. The van der Waals surface area contributed by atoms with Crippen molar-refractivity contribution in [1.82, 2.24) is 25.1 Å². The maximum Gasteiger partial charge on any atom is 0.180 e. The molecule has 1 aliphatic heterocycles. The maximum absolute atomic E-state index is 4.51. The van der Waals surface area contributed by atoms with Crippen LogP contribution in [0.3, 0.4) is 0 Å². The molecular weight excluding hydrogens is 326 g/mol. The molecule has 3 aromatic heterocycles. The Bertz CT molecular complexity index is 936. The summed E-state index contributed by atoms with van der Waals surface area (Å²) in [5.41, 5.74) is 4.09. The van der Waals surface area contributed by atoms with Crippen molar-refractivity contribution in [3.8, 4) is 0 Å². The number of hydrogen-bond acceptors (Lipinski definition) is 7. The minimum Gasteiger partial charge on any atom is -0.370 e. The van der Waals surface area contributed by atoms with E-state index in [1.165, 1.54) is 24.1 Å². The van der Waals surface area contributed by atoms with Crippen molar-refractivity contribution in [2.75, 3.05) is 29.9 Å². The van der Waals surface area contributed by atoms with Crippen LogP contribution in [0.25, 0.3) is 11.2 Å². The van der Waals surface area contributed by atoms with Gasteiger partial charge in [-0.25, -0.2) is 9.97 Å². The third kappa shape index (κ3) is 2.94. The van der Waals surface area contributed by atoms with Gasteiger partial charge in [-0.3, -0.25) is 4.98 Å². The van der Waals surface area contributed by atoms with Crippen LogP contribution in [0, 0.1) is 5.92 Å². The fourth-order valence-electron chi connectivity index (χ4n) is 3.72. The molecule has 1 N–H and O–H groups in total. The summed E-state index contributed by atoms with van der Waals surface area (Å²) in [6, 6.07) is 6.16. The van der Waals surface area contributed by atoms with E-state index in [2.05, 4.69) is 41.4 Å². The van der Waals surface area contributed by atoms with Crippen molar-refractivity contribution < 1.29 is 0 Å².